The van der Waals surface area contributed by atoms with Crippen molar-refractivity contribution < 1.29 is 28.0 Å². The Balaban J connectivity index is 1.48. The lowest BCUT2D eigenvalue weighted by atomic mass is 10.1. The topological polar surface area (TPSA) is 119 Å². The van der Waals surface area contributed by atoms with E-state index in [-0.39, 0.29) is 18.1 Å². The molecule has 0 saturated carbocycles. The summed E-state index contributed by atoms with van der Waals surface area (Å²) >= 11 is 3.27. The predicted molar refractivity (Wildman–Crippen MR) is 138 cm³/mol. The van der Waals surface area contributed by atoms with Crippen LogP contribution in [0.25, 0.3) is 11.0 Å². The van der Waals surface area contributed by atoms with Gasteiger partial charge in [0.2, 0.25) is 0 Å². The molecule has 1 unspecified atom stereocenters. The third-order valence-electron chi connectivity index (χ3n) is 6.09. The molecule has 1 atom stereocenters. The zero-order valence-corrected chi connectivity index (χ0v) is 21.9. The Bertz CT molecular complexity index is 1530. The number of nitrogens with zero attached hydrogens (tertiary/aromatic N) is 4. The van der Waals surface area contributed by atoms with Gasteiger partial charge in [-0.3, -0.25) is 13.9 Å². The molecule has 4 heterocycles. The Morgan fingerprint density at radius 3 is 2.81 bits per heavy atom. The minimum absolute atomic E-state index is 0.208. The molecule has 1 fully saturated rings. The highest BCUT2D eigenvalue weighted by atomic mass is 79.9. The summed E-state index contributed by atoms with van der Waals surface area (Å²) in [7, 11) is -4.73. The molecule has 0 spiro atoms. The van der Waals surface area contributed by atoms with E-state index in [1.54, 1.807) is 29.1 Å². The maximum absolute atomic E-state index is 13.8. The van der Waals surface area contributed by atoms with E-state index in [1.807, 2.05) is 23.1 Å². The average Bonchev–Trinajstić information content (AvgIpc) is 3.21. The Morgan fingerprint density at radius 2 is 2.05 bits per heavy atom. The first-order chi connectivity index (χ1) is 17.7. The fourth-order valence-electron chi connectivity index (χ4n) is 4.49. The molecule has 3 aromatic heterocycles. The molecule has 0 radical (unpaired) electrons. The number of benzene rings is 1. The summed E-state index contributed by atoms with van der Waals surface area (Å²) in [6, 6.07) is 13.0. The summed E-state index contributed by atoms with van der Waals surface area (Å²) in [6.07, 6.45) is 3.25. The van der Waals surface area contributed by atoms with Gasteiger partial charge in [0.15, 0.2) is 0 Å². The zero-order chi connectivity index (χ0) is 26.2. The van der Waals surface area contributed by atoms with Gasteiger partial charge in [0.25, 0.3) is 5.56 Å². The number of ether oxygens (including phenoxy) is 1. The van der Waals surface area contributed by atoms with Gasteiger partial charge in [-0.05, 0) is 53.6 Å². The standard InChI is InChI=1S/C24H23BrFN4O6P/c25-19-8-16(9-20(26)12-19)13-28-5-3-17(11-23(28)31)21-14-35-7-6-29(21)22-10-18-2-1-4-27-24(18)30(22)15-36-37(32,33)34/h1-5,8-12,21H,6-7,13-15H2,(H2,32,33,34). The van der Waals surface area contributed by atoms with Crippen LogP contribution in [0.3, 0.4) is 0 Å². The van der Waals surface area contributed by atoms with Gasteiger partial charge in [0, 0.05) is 34.9 Å². The highest BCUT2D eigenvalue weighted by molar-refractivity contribution is 9.10. The van der Waals surface area contributed by atoms with E-state index >= 15 is 0 Å². The van der Waals surface area contributed by atoms with Crippen molar-refractivity contribution in [2.24, 2.45) is 0 Å². The fraction of sp³-hybridized carbons (Fsp3) is 0.250. The Kier molecular flexibility index (Phi) is 7.30. The first-order valence-electron chi connectivity index (χ1n) is 11.3. The summed E-state index contributed by atoms with van der Waals surface area (Å²) in [6.45, 7) is 0.997. The number of fused-ring (bicyclic) bond motifs is 1. The quantitative estimate of drug-likeness (QED) is 0.311. The molecule has 13 heteroatoms. The maximum atomic E-state index is 13.8. The number of phosphoric ester groups is 1. The molecule has 4 aromatic rings. The monoisotopic (exact) mass is 592 g/mol. The van der Waals surface area contributed by atoms with Crippen molar-refractivity contribution >= 4 is 40.6 Å². The van der Waals surface area contributed by atoms with Crippen LogP contribution in [0.4, 0.5) is 10.2 Å². The second kappa shape index (κ2) is 10.5. The van der Waals surface area contributed by atoms with Crippen LogP contribution in [-0.2, 0) is 27.1 Å². The number of phosphoric acid groups is 1. The molecular formula is C24H23BrFN4O6P. The Morgan fingerprint density at radius 1 is 1.22 bits per heavy atom. The van der Waals surface area contributed by atoms with Gasteiger partial charge in [-0.25, -0.2) is 13.9 Å². The number of morpholine rings is 1. The molecule has 5 rings (SSSR count). The van der Waals surface area contributed by atoms with Crippen molar-refractivity contribution in [3.63, 3.8) is 0 Å². The molecule has 1 aromatic carbocycles. The van der Waals surface area contributed by atoms with Crippen LogP contribution in [0.1, 0.15) is 17.2 Å². The first kappa shape index (κ1) is 25.8. The van der Waals surface area contributed by atoms with Crippen molar-refractivity contribution in [2.45, 2.75) is 19.3 Å². The molecule has 0 aliphatic carbocycles. The smallest absolute Gasteiger partial charge is 0.377 e. The summed E-state index contributed by atoms with van der Waals surface area (Å²) < 4.78 is 39.4. The van der Waals surface area contributed by atoms with E-state index in [9.17, 15) is 23.5 Å². The molecule has 1 aliphatic rings. The maximum Gasteiger partial charge on any atom is 0.471 e. The molecule has 37 heavy (non-hydrogen) atoms. The van der Waals surface area contributed by atoms with Crippen molar-refractivity contribution in [2.75, 3.05) is 24.7 Å². The van der Waals surface area contributed by atoms with Gasteiger partial charge in [-0.1, -0.05) is 15.9 Å². The van der Waals surface area contributed by atoms with Crippen LogP contribution < -0.4 is 10.5 Å². The lowest BCUT2D eigenvalue weighted by Crippen LogP contribution is -2.41. The molecule has 2 N–H and O–H groups in total. The number of hydrogen-bond donors (Lipinski definition) is 2. The molecule has 0 amide bonds. The highest BCUT2D eigenvalue weighted by Gasteiger charge is 2.29. The predicted octanol–water partition coefficient (Wildman–Crippen LogP) is 3.79. The molecular weight excluding hydrogens is 570 g/mol. The van der Waals surface area contributed by atoms with Crippen molar-refractivity contribution in [1.29, 1.82) is 0 Å². The normalized spacial score (nSPS) is 16.4. The number of aromatic nitrogens is 3. The van der Waals surface area contributed by atoms with Crippen LogP contribution in [0.2, 0.25) is 0 Å². The Hall–Kier alpha value is -2.86. The number of pyridine rings is 2. The second-order valence-electron chi connectivity index (χ2n) is 8.58. The Labute approximate surface area is 219 Å². The number of rotatable bonds is 7. The van der Waals surface area contributed by atoms with Crippen LogP contribution in [-0.4, -0.2) is 43.7 Å². The summed E-state index contributed by atoms with van der Waals surface area (Å²) in [5.41, 5.74) is 1.61. The van der Waals surface area contributed by atoms with Gasteiger partial charge >= 0.3 is 7.82 Å². The van der Waals surface area contributed by atoms with E-state index in [0.717, 1.165) is 5.39 Å². The zero-order valence-electron chi connectivity index (χ0n) is 19.4. The molecule has 10 nitrogen and oxygen atoms in total. The number of hydrogen-bond acceptors (Lipinski definition) is 6. The third kappa shape index (κ3) is 5.85. The van der Waals surface area contributed by atoms with E-state index in [1.165, 1.54) is 22.8 Å². The summed E-state index contributed by atoms with van der Waals surface area (Å²) in [5, 5.41) is 0.772. The second-order valence-corrected chi connectivity index (χ2v) is 10.7. The lowest BCUT2D eigenvalue weighted by molar-refractivity contribution is 0.0921. The summed E-state index contributed by atoms with van der Waals surface area (Å²) in [5.74, 6) is 0.237. The molecule has 1 saturated heterocycles. The average molecular weight is 593 g/mol. The molecule has 0 bridgehead atoms. The lowest BCUT2D eigenvalue weighted by Gasteiger charge is -2.37. The van der Waals surface area contributed by atoms with Crippen molar-refractivity contribution in [3.05, 3.63) is 92.7 Å². The van der Waals surface area contributed by atoms with E-state index in [0.29, 0.717) is 46.8 Å². The third-order valence-corrected chi connectivity index (χ3v) is 7.00. The van der Waals surface area contributed by atoms with E-state index < -0.39 is 20.4 Å². The highest BCUT2D eigenvalue weighted by Crippen LogP contribution is 2.39. The first-order valence-corrected chi connectivity index (χ1v) is 13.6. The number of halogens is 2. The fourth-order valence-corrected chi connectivity index (χ4v) is 5.26. The minimum atomic E-state index is -4.73. The van der Waals surface area contributed by atoms with Crippen LogP contribution in [0.15, 0.2) is 70.2 Å². The van der Waals surface area contributed by atoms with Gasteiger partial charge in [-0.15, -0.1) is 0 Å². The summed E-state index contributed by atoms with van der Waals surface area (Å²) in [4.78, 5) is 37.9. The van der Waals surface area contributed by atoms with Crippen molar-refractivity contribution in [1.82, 2.24) is 14.1 Å². The van der Waals surface area contributed by atoms with Gasteiger partial charge in [-0.2, -0.15) is 0 Å². The van der Waals surface area contributed by atoms with Crippen LogP contribution in [0.5, 0.6) is 0 Å². The number of anilines is 1. The SMILES string of the molecule is O=c1cc(C2COCCN2c2cc3cccnc3n2COP(=O)(O)O)ccn1Cc1cc(F)cc(Br)c1. The molecule has 1 aliphatic heterocycles. The van der Waals surface area contributed by atoms with Crippen LogP contribution in [0, 0.1) is 5.82 Å². The largest absolute Gasteiger partial charge is 0.471 e. The minimum Gasteiger partial charge on any atom is -0.377 e. The van der Waals surface area contributed by atoms with Crippen molar-refractivity contribution in [3.8, 4) is 0 Å². The van der Waals surface area contributed by atoms with Crippen LogP contribution >= 0.6 is 23.8 Å². The molecule has 194 valence electrons. The van der Waals surface area contributed by atoms with E-state index in [2.05, 4.69) is 20.9 Å². The van der Waals surface area contributed by atoms with Gasteiger partial charge in [0.1, 0.15) is 24.0 Å². The van der Waals surface area contributed by atoms with Gasteiger partial charge < -0.3 is 24.0 Å². The van der Waals surface area contributed by atoms with Gasteiger partial charge in [0.05, 0.1) is 25.8 Å². The van der Waals surface area contributed by atoms with E-state index in [4.69, 9.17) is 9.26 Å².